The highest BCUT2D eigenvalue weighted by Gasteiger charge is 2.46. The first-order valence-corrected chi connectivity index (χ1v) is 11.2. The van der Waals surface area contributed by atoms with Crippen LogP contribution in [-0.4, -0.2) is 29.4 Å². The van der Waals surface area contributed by atoms with Crippen molar-refractivity contribution in [2.24, 2.45) is 34.6 Å². The number of hydrogen-bond acceptors (Lipinski definition) is 3. The van der Waals surface area contributed by atoms with E-state index in [1.807, 2.05) is 24.3 Å². The summed E-state index contributed by atoms with van der Waals surface area (Å²) in [7, 11) is 0. The lowest BCUT2D eigenvalue weighted by Gasteiger charge is -2.50. The van der Waals surface area contributed by atoms with E-state index in [0.29, 0.717) is 29.9 Å². The molecule has 0 spiro atoms. The zero-order chi connectivity index (χ0) is 19.1. The molecule has 150 valence electrons. The summed E-state index contributed by atoms with van der Waals surface area (Å²) in [6.07, 6.45) is 10.1. The van der Waals surface area contributed by atoms with Crippen LogP contribution >= 0.6 is 0 Å². The maximum absolute atomic E-state index is 12.7. The molecule has 5 aliphatic rings. The van der Waals surface area contributed by atoms with E-state index in [1.54, 1.807) is 0 Å². The van der Waals surface area contributed by atoms with Gasteiger partial charge in [0.05, 0.1) is 12.7 Å². The van der Waals surface area contributed by atoms with Gasteiger partial charge in [-0.3, -0.25) is 4.79 Å². The minimum Gasteiger partial charge on any atom is -0.493 e. The van der Waals surface area contributed by atoms with Crippen LogP contribution in [0.15, 0.2) is 29.3 Å². The Hall–Kier alpha value is -1.68. The zero-order valence-corrected chi connectivity index (χ0v) is 16.6. The molecule has 4 bridgehead atoms. The minimum atomic E-state index is -0.127. The number of benzene rings is 1. The number of aliphatic hydroxyl groups is 1. The van der Waals surface area contributed by atoms with E-state index in [2.05, 4.69) is 4.99 Å². The maximum Gasteiger partial charge on any atom is 0.276 e. The van der Waals surface area contributed by atoms with E-state index in [-0.39, 0.29) is 12.0 Å². The SMILES string of the molecule is O=C(N=C1C2CC3CC(C2)CC1C3)c1ccc(OCC2CCC(O)CC2)cc1. The van der Waals surface area contributed by atoms with Crippen LogP contribution in [0.3, 0.4) is 0 Å². The average Bonchev–Trinajstić information content (AvgIpc) is 2.70. The van der Waals surface area contributed by atoms with Crippen molar-refractivity contribution in [2.75, 3.05) is 6.61 Å². The number of ether oxygens (including phenoxy) is 1. The lowest BCUT2D eigenvalue weighted by molar-refractivity contribution is 0.0917. The molecule has 0 atom stereocenters. The van der Waals surface area contributed by atoms with E-state index in [1.165, 1.54) is 37.8 Å². The van der Waals surface area contributed by atoms with Crippen molar-refractivity contribution in [1.82, 2.24) is 0 Å². The summed E-state index contributed by atoms with van der Waals surface area (Å²) < 4.78 is 5.91. The third kappa shape index (κ3) is 3.76. The predicted octanol–water partition coefficient (Wildman–Crippen LogP) is 4.65. The summed E-state index contributed by atoms with van der Waals surface area (Å²) in [6.45, 7) is 0.688. The number of hydrogen-bond donors (Lipinski definition) is 1. The van der Waals surface area contributed by atoms with Crippen molar-refractivity contribution in [3.05, 3.63) is 29.8 Å². The van der Waals surface area contributed by atoms with Crippen molar-refractivity contribution in [2.45, 2.75) is 63.9 Å². The molecule has 1 aromatic carbocycles. The Labute approximate surface area is 167 Å². The molecule has 5 fully saturated rings. The van der Waals surface area contributed by atoms with Gasteiger partial charge in [-0.1, -0.05) is 0 Å². The number of nitrogens with zero attached hydrogens (tertiary/aromatic N) is 1. The van der Waals surface area contributed by atoms with Gasteiger partial charge in [-0.2, -0.15) is 0 Å². The zero-order valence-electron chi connectivity index (χ0n) is 16.6. The van der Waals surface area contributed by atoms with E-state index in [9.17, 15) is 9.90 Å². The van der Waals surface area contributed by atoms with Gasteiger partial charge >= 0.3 is 0 Å². The Bertz CT molecular complexity index is 716. The first-order chi connectivity index (χ1) is 13.6. The summed E-state index contributed by atoms with van der Waals surface area (Å²) >= 11 is 0. The topological polar surface area (TPSA) is 58.9 Å². The van der Waals surface area contributed by atoms with Crippen LogP contribution in [0.25, 0.3) is 0 Å². The molecule has 1 N–H and O–H groups in total. The summed E-state index contributed by atoms with van der Waals surface area (Å²) in [5, 5.41) is 9.60. The van der Waals surface area contributed by atoms with Crippen molar-refractivity contribution in [3.8, 4) is 5.75 Å². The standard InChI is InChI=1S/C24H31NO3/c26-21-5-1-15(2-6-21)14-28-22-7-3-18(4-8-22)24(27)25-23-19-10-16-9-17(12-19)13-20(23)11-16/h3-4,7-8,15-17,19-21,26H,1-2,5-6,9-14H2. The highest BCUT2D eigenvalue weighted by atomic mass is 16.5. The Morgan fingerprint density at radius 2 is 1.54 bits per heavy atom. The summed E-state index contributed by atoms with van der Waals surface area (Å²) in [5.41, 5.74) is 1.87. The molecule has 6 rings (SSSR count). The average molecular weight is 382 g/mol. The molecule has 0 aliphatic heterocycles. The highest BCUT2D eigenvalue weighted by molar-refractivity contribution is 6.05. The van der Waals surface area contributed by atoms with Crippen LogP contribution in [0.2, 0.25) is 0 Å². The number of amides is 1. The third-order valence-corrected chi connectivity index (χ3v) is 7.61. The second-order valence-electron chi connectivity index (χ2n) is 9.66. The van der Waals surface area contributed by atoms with Crippen LogP contribution in [0.4, 0.5) is 0 Å². The second-order valence-corrected chi connectivity index (χ2v) is 9.66. The third-order valence-electron chi connectivity index (χ3n) is 7.61. The maximum atomic E-state index is 12.7. The van der Waals surface area contributed by atoms with Gasteiger partial charge in [0.2, 0.25) is 0 Å². The Balaban J connectivity index is 1.19. The molecule has 5 saturated carbocycles. The number of rotatable bonds is 4. The number of aliphatic hydroxyl groups excluding tert-OH is 1. The van der Waals surface area contributed by atoms with Crippen LogP contribution in [-0.2, 0) is 0 Å². The summed E-state index contributed by atoms with van der Waals surface area (Å²) in [4.78, 5) is 17.3. The van der Waals surface area contributed by atoms with Gasteiger partial charge in [0.25, 0.3) is 5.91 Å². The first-order valence-electron chi connectivity index (χ1n) is 11.2. The van der Waals surface area contributed by atoms with Gasteiger partial charge in [0, 0.05) is 11.3 Å². The Morgan fingerprint density at radius 1 is 0.929 bits per heavy atom. The van der Waals surface area contributed by atoms with Crippen LogP contribution < -0.4 is 4.74 Å². The van der Waals surface area contributed by atoms with E-state index in [0.717, 1.165) is 43.3 Å². The van der Waals surface area contributed by atoms with Crippen molar-refractivity contribution >= 4 is 11.6 Å². The van der Waals surface area contributed by atoms with Crippen LogP contribution in [0.1, 0.15) is 68.1 Å². The number of carbonyl (C=O) groups is 1. The van der Waals surface area contributed by atoms with Crippen molar-refractivity contribution in [1.29, 1.82) is 0 Å². The fourth-order valence-corrected chi connectivity index (χ4v) is 6.25. The Morgan fingerprint density at radius 3 is 2.14 bits per heavy atom. The molecule has 4 nitrogen and oxygen atoms in total. The van der Waals surface area contributed by atoms with E-state index < -0.39 is 0 Å². The lowest BCUT2D eigenvalue weighted by Crippen LogP contribution is -2.45. The molecular weight excluding hydrogens is 350 g/mol. The monoisotopic (exact) mass is 381 g/mol. The van der Waals surface area contributed by atoms with E-state index >= 15 is 0 Å². The van der Waals surface area contributed by atoms with Crippen LogP contribution in [0.5, 0.6) is 5.75 Å². The van der Waals surface area contributed by atoms with Gasteiger partial charge < -0.3 is 9.84 Å². The van der Waals surface area contributed by atoms with Crippen LogP contribution in [0, 0.1) is 29.6 Å². The molecule has 5 aliphatic carbocycles. The molecule has 0 radical (unpaired) electrons. The predicted molar refractivity (Wildman–Crippen MR) is 109 cm³/mol. The molecule has 0 aromatic heterocycles. The lowest BCUT2D eigenvalue weighted by atomic mass is 9.55. The van der Waals surface area contributed by atoms with E-state index in [4.69, 9.17) is 4.74 Å². The largest absolute Gasteiger partial charge is 0.493 e. The smallest absolute Gasteiger partial charge is 0.276 e. The normalized spacial score (nSPS) is 36.4. The quantitative estimate of drug-likeness (QED) is 0.826. The summed E-state index contributed by atoms with van der Waals surface area (Å²) in [6, 6.07) is 7.48. The van der Waals surface area contributed by atoms with Gasteiger partial charge in [0.15, 0.2) is 0 Å². The van der Waals surface area contributed by atoms with Gasteiger partial charge in [-0.15, -0.1) is 0 Å². The number of aliphatic imine (C=N–C) groups is 1. The molecule has 28 heavy (non-hydrogen) atoms. The molecule has 1 amide bonds. The fraction of sp³-hybridized carbons (Fsp3) is 0.667. The highest BCUT2D eigenvalue weighted by Crippen LogP contribution is 2.52. The van der Waals surface area contributed by atoms with Crippen molar-refractivity contribution in [3.63, 3.8) is 0 Å². The molecule has 0 saturated heterocycles. The van der Waals surface area contributed by atoms with Crippen molar-refractivity contribution < 1.29 is 14.6 Å². The number of carbonyl (C=O) groups excluding carboxylic acids is 1. The minimum absolute atomic E-state index is 0.0877. The molecule has 0 unspecified atom stereocenters. The second kappa shape index (κ2) is 7.62. The first kappa shape index (κ1) is 18.4. The molecule has 0 heterocycles. The fourth-order valence-electron chi connectivity index (χ4n) is 6.25. The summed E-state index contributed by atoms with van der Waals surface area (Å²) in [5.74, 6) is 4.16. The van der Waals surface area contributed by atoms with Gasteiger partial charge in [-0.25, -0.2) is 4.99 Å². The van der Waals surface area contributed by atoms with Gasteiger partial charge in [-0.05, 0) is 112 Å². The molecular formula is C24H31NO3. The molecule has 4 heteroatoms. The molecule has 1 aromatic rings. The Kier molecular flexibility index (Phi) is 5.00. The van der Waals surface area contributed by atoms with Gasteiger partial charge in [0.1, 0.15) is 5.75 Å².